The van der Waals surface area contributed by atoms with Crippen LogP contribution in [-0.4, -0.2) is 6.79 Å². The zero-order chi connectivity index (χ0) is 9.12. The molecule has 2 bridgehead atoms. The second-order valence-electron chi connectivity index (χ2n) is 4.17. The van der Waals surface area contributed by atoms with Crippen molar-refractivity contribution in [2.75, 3.05) is 6.79 Å². The number of allylic oxidation sites excluding steroid dienone is 2. The molecule has 2 unspecified atom stereocenters. The molecule has 0 radical (unpaired) electrons. The second kappa shape index (κ2) is 2.14. The molecule has 0 saturated carbocycles. The second-order valence-corrected chi connectivity index (χ2v) is 4.17. The molecule has 14 heavy (non-hydrogen) atoms. The highest BCUT2D eigenvalue weighted by atomic mass is 16.7. The SMILES string of the molecule is C1=CC2CC1c1cc3c(cc12)OCO3. The molecule has 0 spiro atoms. The van der Waals surface area contributed by atoms with Gasteiger partial charge >= 0.3 is 0 Å². The van der Waals surface area contributed by atoms with Crippen molar-refractivity contribution in [1.29, 1.82) is 0 Å². The average molecular weight is 186 g/mol. The largest absolute Gasteiger partial charge is 0.454 e. The summed E-state index contributed by atoms with van der Waals surface area (Å²) in [5.41, 5.74) is 2.89. The predicted octanol–water partition coefficient (Wildman–Crippen LogP) is 2.56. The van der Waals surface area contributed by atoms with Gasteiger partial charge in [-0.15, -0.1) is 0 Å². The van der Waals surface area contributed by atoms with Crippen LogP contribution in [0.4, 0.5) is 0 Å². The molecule has 2 aliphatic carbocycles. The van der Waals surface area contributed by atoms with Crippen molar-refractivity contribution in [1.82, 2.24) is 0 Å². The van der Waals surface area contributed by atoms with E-state index in [2.05, 4.69) is 24.3 Å². The fraction of sp³-hybridized carbons (Fsp3) is 0.333. The van der Waals surface area contributed by atoms with E-state index >= 15 is 0 Å². The minimum Gasteiger partial charge on any atom is -0.454 e. The van der Waals surface area contributed by atoms with Crippen molar-refractivity contribution in [3.05, 3.63) is 35.4 Å². The van der Waals surface area contributed by atoms with E-state index in [1.54, 1.807) is 0 Å². The van der Waals surface area contributed by atoms with Gasteiger partial charge < -0.3 is 9.47 Å². The lowest BCUT2D eigenvalue weighted by Crippen LogP contribution is -1.93. The molecule has 2 atom stereocenters. The van der Waals surface area contributed by atoms with E-state index in [0.29, 0.717) is 18.6 Å². The zero-order valence-electron chi connectivity index (χ0n) is 7.69. The first-order chi connectivity index (χ1) is 6.92. The molecule has 2 heteroatoms. The molecule has 1 heterocycles. The highest BCUT2D eigenvalue weighted by molar-refractivity contribution is 5.56. The Labute approximate surface area is 82.1 Å². The van der Waals surface area contributed by atoms with Gasteiger partial charge in [0.05, 0.1) is 0 Å². The quantitative estimate of drug-likeness (QED) is 0.580. The van der Waals surface area contributed by atoms with E-state index in [1.807, 2.05) is 0 Å². The van der Waals surface area contributed by atoms with E-state index in [-0.39, 0.29) is 0 Å². The lowest BCUT2D eigenvalue weighted by Gasteiger charge is -2.10. The summed E-state index contributed by atoms with van der Waals surface area (Å²) >= 11 is 0. The van der Waals surface area contributed by atoms with Crippen molar-refractivity contribution in [2.45, 2.75) is 18.3 Å². The van der Waals surface area contributed by atoms with E-state index in [9.17, 15) is 0 Å². The van der Waals surface area contributed by atoms with E-state index < -0.39 is 0 Å². The van der Waals surface area contributed by atoms with Gasteiger partial charge in [0.25, 0.3) is 0 Å². The van der Waals surface area contributed by atoms with E-state index in [1.165, 1.54) is 17.5 Å². The first-order valence-electron chi connectivity index (χ1n) is 5.03. The smallest absolute Gasteiger partial charge is 0.231 e. The molecule has 0 saturated heterocycles. The minimum atomic E-state index is 0.376. The van der Waals surface area contributed by atoms with Crippen LogP contribution < -0.4 is 9.47 Å². The van der Waals surface area contributed by atoms with Gasteiger partial charge in [0.15, 0.2) is 11.5 Å². The number of ether oxygens (including phenoxy) is 2. The Kier molecular flexibility index (Phi) is 1.06. The molecule has 4 rings (SSSR count). The van der Waals surface area contributed by atoms with Gasteiger partial charge in [0.2, 0.25) is 6.79 Å². The number of rotatable bonds is 0. The summed E-state index contributed by atoms with van der Waals surface area (Å²) in [6.07, 6.45) is 5.88. The Balaban J connectivity index is 1.97. The third kappa shape index (κ3) is 0.684. The lowest BCUT2D eigenvalue weighted by atomic mass is 9.96. The average Bonchev–Trinajstić information content (AvgIpc) is 2.90. The molecule has 0 N–H and O–H groups in total. The monoisotopic (exact) mass is 186 g/mol. The highest BCUT2D eigenvalue weighted by Crippen LogP contribution is 2.52. The van der Waals surface area contributed by atoms with Crippen LogP contribution in [0.2, 0.25) is 0 Å². The summed E-state index contributed by atoms with van der Waals surface area (Å²) in [6.45, 7) is 0.376. The third-order valence-corrected chi connectivity index (χ3v) is 3.46. The molecule has 70 valence electrons. The zero-order valence-corrected chi connectivity index (χ0v) is 7.69. The van der Waals surface area contributed by atoms with Crippen molar-refractivity contribution in [3.8, 4) is 11.5 Å². The normalized spacial score (nSPS) is 29.7. The molecule has 1 aromatic rings. The lowest BCUT2D eigenvalue weighted by molar-refractivity contribution is 0.174. The number of fused-ring (bicyclic) bond motifs is 6. The van der Waals surface area contributed by atoms with Crippen molar-refractivity contribution >= 4 is 0 Å². The molecular formula is C12H10O2. The topological polar surface area (TPSA) is 18.5 Å². The Morgan fingerprint density at radius 2 is 1.50 bits per heavy atom. The fourth-order valence-corrected chi connectivity index (χ4v) is 2.78. The number of hydrogen-bond donors (Lipinski definition) is 0. The van der Waals surface area contributed by atoms with Gasteiger partial charge in [0, 0.05) is 11.8 Å². The summed E-state index contributed by atoms with van der Waals surface area (Å²) in [5, 5.41) is 0. The molecule has 1 aromatic carbocycles. The summed E-state index contributed by atoms with van der Waals surface area (Å²) in [5.74, 6) is 3.10. The van der Waals surface area contributed by atoms with E-state index in [0.717, 1.165) is 11.5 Å². The fourth-order valence-electron chi connectivity index (χ4n) is 2.78. The van der Waals surface area contributed by atoms with Crippen molar-refractivity contribution < 1.29 is 9.47 Å². The Morgan fingerprint density at radius 3 is 2.07 bits per heavy atom. The van der Waals surface area contributed by atoms with Gasteiger partial charge in [0.1, 0.15) is 0 Å². The van der Waals surface area contributed by atoms with Gasteiger partial charge in [-0.25, -0.2) is 0 Å². The molecule has 2 nitrogen and oxygen atoms in total. The summed E-state index contributed by atoms with van der Waals surface area (Å²) in [7, 11) is 0. The van der Waals surface area contributed by atoms with Crippen LogP contribution in [0.3, 0.4) is 0 Å². The summed E-state index contributed by atoms with van der Waals surface area (Å²) < 4.78 is 10.8. The van der Waals surface area contributed by atoms with Crippen LogP contribution in [0.25, 0.3) is 0 Å². The predicted molar refractivity (Wildman–Crippen MR) is 51.8 cm³/mol. The Hall–Kier alpha value is -1.44. The molecule has 1 aliphatic heterocycles. The van der Waals surface area contributed by atoms with Gasteiger partial charge in [-0.1, -0.05) is 12.2 Å². The standard InChI is InChI=1S/C12H10O2/c1-2-8-3-7(1)9-4-11-12(5-10(8)9)14-6-13-11/h1-2,4-5,7-8H,3,6H2. The van der Waals surface area contributed by atoms with Gasteiger partial charge in [-0.3, -0.25) is 0 Å². The minimum absolute atomic E-state index is 0.376. The van der Waals surface area contributed by atoms with Crippen molar-refractivity contribution in [3.63, 3.8) is 0 Å². The first kappa shape index (κ1) is 6.93. The maximum atomic E-state index is 5.39. The number of hydrogen-bond acceptors (Lipinski definition) is 2. The van der Waals surface area contributed by atoms with Crippen LogP contribution in [-0.2, 0) is 0 Å². The molecular weight excluding hydrogens is 176 g/mol. The van der Waals surface area contributed by atoms with Crippen LogP contribution in [0.15, 0.2) is 24.3 Å². The highest BCUT2D eigenvalue weighted by Gasteiger charge is 2.34. The molecule has 3 aliphatic rings. The summed E-state index contributed by atoms with van der Waals surface area (Å²) in [4.78, 5) is 0. The molecule has 0 amide bonds. The maximum Gasteiger partial charge on any atom is 0.231 e. The molecule has 0 fully saturated rings. The van der Waals surface area contributed by atoms with Crippen molar-refractivity contribution in [2.24, 2.45) is 0 Å². The Morgan fingerprint density at radius 1 is 0.929 bits per heavy atom. The third-order valence-electron chi connectivity index (χ3n) is 3.46. The van der Waals surface area contributed by atoms with E-state index in [4.69, 9.17) is 9.47 Å². The van der Waals surface area contributed by atoms with Gasteiger partial charge in [-0.2, -0.15) is 0 Å². The van der Waals surface area contributed by atoms with Gasteiger partial charge in [-0.05, 0) is 29.7 Å². The molecule has 0 aromatic heterocycles. The van der Waals surface area contributed by atoms with Crippen LogP contribution in [0, 0.1) is 0 Å². The Bertz CT molecular complexity index is 409. The maximum absolute atomic E-state index is 5.39. The number of benzene rings is 1. The van der Waals surface area contributed by atoms with Crippen LogP contribution in [0.1, 0.15) is 29.4 Å². The van der Waals surface area contributed by atoms with Crippen LogP contribution in [0.5, 0.6) is 11.5 Å². The first-order valence-corrected chi connectivity index (χ1v) is 5.03. The van der Waals surface area contributed by atoms with Crippen LogP contribution >= 0.6 is 0 Å². The summed E-state index contributed by atoms with van der Waals surface area (Å²) in [6, 6.07) is 4.32.